The van der Waals surface area contributed by atoms with E-state index in [9.17, 15) is 9.90 Å². The summed E-state index contributed by atoms with van der Waals surface area (Å²) in [4.78, 5) is 14.2. The van der Waals surface area contributed by atoms with E-state index in [2.05, 4.69) is 4.90 Å². The summed E-state index contributed by atoms with van der Waals surface area (Å²) in [6.45, 7) is 4.47. The van der Waals surface area contributed by atoms with Crippen LogP contribution in [-0.4, -0.2) is 47.4 Å². The van der Waals surface area contributed by atoms with Gasteiger partial charge in [-0.05, 0) is 52.1 Å². The fraction of sp³-hybridized carbons (Fsp3) is 0.438. The number of aromatic nitrogens is 1. The van der Waals surface area contributed by atoms with Gasteiger partial charge in [0.2, 0.25) is 0 Å². The van der Waals surface area contributed by atoms with Crippen molar-refractivity contribution in [2.24, 2.45) is 0 Å². The second-order valence-corrected chi connectivity index (χ2v) is 5.68. The monoisotopic (exact) mass is 290 g/mol. The Balaban J connectivity index is 2.47. The van der Waals surface area contributed by atoms with Gasteiger partial charge < -0.3 is 14.7 Å². The number of nitrogens with zero attached hydrogens (tertiary/aromatic N) is 2. The van der Waals surface area contributed by atoms with E-state index in [4.69, 9.17) is 4.74 Å². The van der Waals surface area contributed by atoms with E-state index >= 15 is 0 Å². The Bertz CT molecular complexity index is 644. The van der Waals surface area contributed by atoms with Crippen LogP contribution in [0.5, 0.6) is 5.75 Å². The van der Waals surface area contributed by atoms with Crippen LogP contribution in [0, 0.1) is 0 Å². The third-order valence-electron chi connectivity index (χ3n) is 3.25. The van der Waals surface area contributed by atoms with Gasteiger partial charge in [0.1, 0.15) is 5.75 Å². The van der Waals surface area contributed by atoms with Crippen molar-refractivity contribution in [2.75, 3.05) is 20.6 Å². The summed E-state index contributed by atoms with van der Waals surface area (Å²) in [6, 6.07) is 5.18. The molecule has 5 heteroatoms. The lowest BCUT2D eigenvalue weighted by atomic mass is 10.1. The Morgan fingerprint density at radius 3 is 2.71 bits per heavy atom. The maximum absolute atomic E-state index is 12.2. The molecule has 0 unspecified atom stereocenters. The normalized spacial score (nSPS) is 11.5. The summed E-state index contributed by atoms with van der Waals surface area (Å²) in [5, 5.41) is 10.8. The van der Waals surface area contributed by atoms with E-state index in [0.29, 0.717) is 5.52 Å². The van der Waals surface area contributed by atoms with E-state index in [-0.39, 0.29) is 11.9 Å². The quantitative estimate of drug-likeness (QED) is 0.940. The Labute approximate surface area is 124 Å². The van der Waals surface area contributed by atoms with Crippen LogP contribution in [0.2, 0.25) is 0 Å². The molecule has 0 saturated carbocycles. The molecule has 0 spiro atoms. The summed E-state index contributed by atoms with van der Waals surface area (Å²) in [5.41, 5.74) is 1.62. The molecule has 1 aromatic heterocycles. The lowest BCUT2D eigenvalue weighted by Gasteiger charge is -2.09. The van der Waals surface area contributed by atoms with Gasteiger partial charge in [-0.15, -0.1) is 0 Å². The van der Waals surface area contributed by atoms with Crippen molar-refractivity contribution in [3.05, 3.63) is 30.0 Å². The van der Waals surface area contributed by atoms with Crippen LogP contribution in [0.4, 0.5) is 4.79 Å². The van der Waals surface area contributed by atoms with Gasteiger partial charge in [0, 0.05) is 18.1 Å². The van der Waals surface area contributed by atoms with E-state index < -0.39 is 6.09 Å². The molecule has 2 rings (SSSR count). The number of benzene rings is 1. The number of rotatable bonds is 4. The fourth-order valence-electron chi connectivity index (χ4n) is 2.29. The highest BCUT2D eigenvalue weighted by atomic mass is 16.6. The van der Waals surface area contributed by atoms with Gasteiger partial charge in [0.25, 0.3) is 0 Å². The van der Waals surface area contributed by atoms with Gasteiger partial charge in [0.15, 0.2) is 0 Å². The molecule has 0 aliphatic heterocycles. The van der Waals surface area contributed by atoms with Crippen LogP contribution in [0.15, 0.2) is 24.4 Å². The van der Waals surface area contributed by atoms with Crippen LogP contribution >= 0.6 is 0 Å². The molecule has 1 heterocycles. The standard InChI is InChI=1S/C16H22N2O3/c1-11(2)21-16(20)18-10-12(8-9-17(3)4)15-13(18)6-5-7-14(15)19/h5-7,10-11,19H,8-9H2,1-4H3. The summed E-state index contributed by atoms with van der Waals surface area (Å²) >= 11 is 0. The summed E-state index contributed by atoms with van der Waals surface area (Å²) in [7, 11) is 3.98. The first-order valence-electron chi connectivity index (χ1n) is 7.07. The molecule has 0 fully saturated rings. The SMILES string of the molecule is CC(C)OC(=O)n1cc(CCN(C)C)c2c(O)cccc21. The largest absolute Gasteiger partial charge is 0.507 e. The van der Waals surface area contributed by atoms with Crippen molar-refractivity contribution in [1.82, 2.24) is 9.47 Å². The zero-order valence-corrected chi connectivity index (χ0v) is 13.0. The van der Waals surface area contributed by atoms with E-state index in [1.165, 1.54) is 4.57 Å². The molecule has 2 aromatic rings. The highest BCUT2D eigenvalue weighted by Crippen LogP contribution is 2.30. The van der Waals surface area contributed by atoms with Gasteiger partial charge in [-0.2, -0.15) is 0 Å². The zero-order valence-electron chi connectivity index (χ0n) is 13.0. The molecule has 0 radical (unpaired) electrons. The van der Waals surface area contributed by atoms with Gasteiger partial charge >= 0.3 is 6.09 Å². The van der Waals surface area contributed by atoms with Crippen molar-refractivity contribution in [1.29, 1.82) is 0 Å². The van der Waals surface area contributed by atoms with Crippen molar-refractivity contribution >= 4 is 17.0 Å². The number of phenols is 1. The average Bonchev–Trinajstić information content (AvgIpc) is 2.76. The molecule has 1 N–H and O–H groups in total. The minimum Gasteiger partial charge on any atom is -0.507 e. The number of phenolic OH excluding ortho intramolecular Hbond substituents is 1. The molecule has 0 atom stereocenters. The summed E-state index contributed by atoms with van der Waals surface area (Å²) in [5.74, 6) is 0.192. The third kappa shape index (κ3) is 3.36. The maximum Gasteiger partial charge on any atom is 0.418 e. The maximum atomic E-state index is 12.2. The van der Waals surface area contributed by atoms with Crippen molar-refractivity contribution < 1.29 is 14.6 Å². The predicted octanol–water partition coefficient (Wildman–Crippen LogP) is 2.84. The number of ether oxygens (including phenoxy) is 1. The first-order chi connectivity index (χ1) is 9.90. The van der Waals surface area contributed by atoms with E-state index in [0.717, 1.165) is 23.9 Å². The van der Waals surface area contributed by atoms with Gasteiger partial charge in [0.05, 0.1) is 11.6 Å². The Morgan fingerprint density at radius 2 is 2.10 bits per heavy atom. The second-order valence-electron chi connectivity index (χ2n) is 5.68. The van der Waals surface area contributed by atoms with Crippen LogP contribution in [0.25, 0.3) is 10.9 Å². The van der Waals surface area contributed by atoms with Crippen LogP contribution in [-0.2, 0) is 11.2 Å². The number of aromatic hydroxyl groups is 1. The lowest BCUT2D eigenvalue weighted by Crippen LogP contribution is -2.17. The summed E-state index contributed by atoms with van der Waals surface area (Å²) < 4.78 is 6.73. The topological polar surface area (TPSA) is 54.7 Å². The number of carbonyl (C=O) groups excluding carboxylic acids is 1. The molecule has 21 heavy (non-hydrogen) atoms. The molecule has 114 valence electrons. The molecule has 0 saturated heterocycles. The van der Waals surface area contributed by atoms with Gasteiger partial charge in [-0.25, -0.2) is 4.79 Å². The van der Waals surface area contributed by atoms with Crippen molar-refractivity contribution in [3.8, 4) is 5.75 Å². The number of fused-ring (bicyclic) bond motifs is 1. The molecule has 0 amide bonds. The van der Waals surface area contributed by atoms with Crippen LogP contribution in [0.1, 0.15) is 19.4 Å². The van der Waals surface area contributed by atoms with Crippen LogP contribution < -0.4 is 0 Å². The summed E-state index contributed by atoms with van der Waals surface area (Å²) in [6.07, 6.45) is 1.91. The first kappa shape index (κ1) is 15.4. The molecular weight excluding hydrogens is 268 g/mol. The van der Waals surface area contributed by atoms with Crippen molar-refractivity contribution in [3.63, 3.8) is 0 Å². The number of hydrogen-bond donors (Lipinski definition) is 1. The predicted molar refractivity (Wildman–Crippen MR) is 82.9 cm³/mol. The van der Waals surface area contributed by atoms with Gasteiger partial charge in [-0.1, -0.05) is 6.07 Å². The van der Waals surface area contributed by atoms with Crippen molar-refractivity contribution in [2.45, 2.75) is 26.4 Å². The molecule has 5 nitrogen and oxygen atoms in total. The Morgan fingerprint density at radius 1 is 1.38 bits per heavy atom. The zero-order chi connectivity index (χ0) is 15.6. The van der Waals surface area contributed by atoms with E-state index in [1.807, 2.05) is 34.0 Å². The Kier molecular flexibility index (Phi) is 4.53. The number of hydrogen-bond acceptors (Lipinski definition) is 4. The van der Waals surface area contributed by atoms with E-state index in [1.54, 1.807) is 18.3 Å². The smallest absolute Gasteiger partial charge is 0.418 e. The highest BCUT2D eigenvalue weighted by Gasteiger charge is 2.17. The average molecular weight is 290 g/mol. The molecule has 0 aliphatic rings. The fourth-order valence-corrected chi connectivity index (χ4v) is 2.29. The van der Waals surface area contributed by atoms with Crippen LogP contribution in [0.3, 0.4) is 0 Å². The third-order valence-corrected chi connectivity index (χ3v) is 3.25. The minimum atomic E-state index is -0.420. The number of likely N-dealkylation sites (N-methyl/N-ethyl adjacent to an activating group) is 1. The highest BCUT2D eigenvalue weighted by molar-refractivity contribution is 5.95. The van der Waals surface area contributed by atoms with Gasteiger partial charge in [-0.3, -0.25) is 4.57 Å². The molecule has 0 aliphatic carbocycles. The first-order valence-corrected chi connectivity index (χ1v) is 7.07. The molecule has 0 bridgehead atoms. The lowest BCUT2D eigenvalue weighted by molar-refractivity contribution is 0.118. The molecule has 1 aromatic carbocycles. The minimum absolute atomic E-state index is 0.183. The second kappa shape index (κ2) is 6.18. The molecular formula is C16H22N2O3. The number of carbonyl (C=O) groups is 1. The Hall–Kier alpha value is -2.01.